The van der Waals surface area contributed by atoms with Gasteiger partial charge in [-0.3, -0.25) is 9.59 Å². The van der Waals surface area contributed by atoms with Gasteiger partial charge in [-0.25, -0.2) is 0 Å². The summed E-state index contributed by atoms with van der Waals surface area (Å²) >= 11 is 0. The molecule has 0 radical (unpaired) electrons. The van der Waals surface area contributed by atoms with Crippen LogP contribution in [-0.2, 0) is 9.59 Å². The number of aliphatic hydroxyl groups is 2. The Morgan fingerprint density at radius 1 is 1.00 bits per heavy atom. The Balaban J connectivity index is 0. The molecule has 0 unspecified atom stereocenters. The SMILES string of the molecule is NC(=O)/C=C\C(N)=O.OCCO. The molecule has 0 aromatic carbocycles. The first-order valence-corrected chi connectivity index (χ1v) is 3.03. The predicted octanol–water partition coefficient (Wildman–Crippen LogP) is -2.52. The van der Waals surface area contributed by atoms with Crippen LogP contribution in [0.2, 0.25) is 0 Å². The molecule has 0 heterocycles. The molecule has 0 bridgehead atoms. The van der Waals surface area contributed by atoms with Gasteiger partial charge >= 0.3 is 0 Å². The maximum Gasteiger partial charge on any atom is 0.241 e. The minimum atomic E-state index is -0.677. The van der Waals surface area contributed by atoms with E-state index in [1.54, 1.807) is 0 Å². The van der Waals surface area contributed by atoms with E-state index in [0.717, 1.165) is 12.2 Å². The number of carbonyl (C=O) groups excluding carboxylic acids is 2. The van der Waals surface area contributed by atoms with Crippen LogP contribution in [0.4, 0.5) is 0 Å². The zero-order valence-electron chi connectivity index (χ0n) is 6.43. The Morgan fingerprint density at radius 3 is 1.33 bits per heavy atom. The molecule has 0 rings (SSSR count). The molecule has 0 spiro atoms. The van der Waals surface area contributed by atoms with Crippen LogP contribution < -0.4 is 11.5 Å². The summed E-state index contributed by atoms with van der Waals surface area (Å²) in [6.45, 7) is -0.250. The number of amides is 2. The largest absolute Gasteiger partial charge is 0.394 e. The van der Waals surface area contributed by atoms with Gasteiger partial charge in [0.1, 0.15) is 0 Å². The molecule has 0 aromatic rings. The van der Waals surface area contributed by atoms with E-state index in [1.807, 2.05) is 0 Å². The quantitative estimate of drug-likeness (QED) is 0.354. The van der Waals surface area contributed by atoms with Crippen molar-refractivity contribution in [3.8, 4) is 0 Å². The van der Waals surface area contributed by atoms with Crippen molar-refractivity contribution < 1.29 is 19.8 Å². The highest BCUT2D eigenvalue weighted by atomic mass is 16.3. The molecule has 70 valence electrons. The second-order valence-corrected chi connectivity index (χ2v) is 1.59. The van der Waals surface area contributed by atoms with E-state index in [2.05, 4.69) is 11.5 Å². The zero-order valence-corrected chi connectivity index (χ0v) is 6.43. The predicted molar refractivity (Wildman–Crippen MR) is 41.7 cm³/mol. The molecule has 0 saturated carbocycles. The Bertz CT molecular complexity index is 149. The minimum Gasteiger partial charge on any atom is -0.394 e. The highest BCUT2D eigenvalue weighted by Gasteiger charge is 1.83. The molecule has 12 heavy (non-hydrogen) atoms. The van der Waals surface area contributed by atoms with Crippen molar-refractivity contribution in [3.63, 3.8) is 0 Å². The summed E-state index contributed by atoms with van der Waals surface area (Å²) in [6, 6.07) is 0. The van der Waals surface area contributed by atoms with Crippen LogP contribution in [0.3, 0.4) is 0 Å². The van der Waals surface area contributed by atoms with Crippen molar-refractivity contribution in [1.29, 1.82) is 0 Å². The first-order chi connectivity index (χ1) is 5.54. The van der Waals surface area contributed by atoms with Crippen molar-refractivity contribution in [2.45, 2.75) is 0 Å². The third-order valence-electron chi connectivity index (χ3n) is 0.512. The second kappa shape index (κ2) is 9.60. The van der Waals surface area contributed by atoms with Crippen LogP contribution in [0, 0.1) is 0 Å². The summed E-state index contributed by atoms with van der Waals surface area (Å²) in [4.78, 5) is 19.7. The smallest absolute Gasteiger partial charge is 0.241 e. The summed E-state index contributed by atoms with van der Waals surface area (Å²) in [6.07, 6.45) is 1.81. The number of hydrogen-bond donors (Lipinski definition) is 4. The third kappa shape index (κ3) is 23.5. The molecular formula is C6H12N2O4. The Kier molecular flexibility index (Phi) is 10.6. The fourth-order valence-electron chi connectivity index (χ4n) is 0.164. The van der Waals surface area contributed by atoms with Crippen LogP contribution in [0.1, 0.15) is 0 Å². The van der Waals surface area contributed by atoms with Crippen LogP contribution >= 0.6 is 0 Å². The lowest BCUT2D eigenvalue weighted by atomic mass is 10.5. The van der Waals surface area contributed by atoms with Gasteiger partial charge in [0.2, 0.25) is 11.8 Å². The van der Waals surface area contributed by atoms with Gasteiger partial charge in [0, 0.05) is 12.2 Å². The van der Waals surface area contributed by atoms with Crippen LogP contribution in [0.25, 0.3) is 0 Å². The topological polar surface area (TPSA) is 127 Å². The summed E-state index contributed by atoms with van der Waals surface area (Å²) in [5.74, 6) is -1.35. The molecular weight excluding hydrogens is 164 g/mol. The molecule has 0 saturated heterocycles. The molecule has 6 N–H and O–H groups in total. The van der Waals surface area contributed by atoms with Crippen LogP contribution in [0.15, 0.2) is 12.2 Å². The molecule has 0 aromatic heterocycles. The monoisotopic (exact) mass is 176 g/mol. The van der Waals surface area contributed by atoms with E-state index < -0.39 is 11.8 Å². The zero-order chi connectivity index (χ0) is 9.98. The van der Waals surface area contributed by atoms with Gasteiger partial charge in [0.15, 0.2) is 0 Å². The number of nitrogens with two attached hydrogens (primary N) is 2. The van der Waals surface area contributed by atoms with E-state index in [0.29, 0.717) is 0 Å². The first-order valence-electron chi connectivity index (χ1n) is 3.03. The summed E-state index contributed by atoms with van der Waals surface area (Å²) in [5.41, 5.74) is 9.21. The average Bonchev–Trinajstić information content (AvgIpc) is 2.01. The lowest BCUT2D eigenvalue weighted by molar-refractivity contribution is -0.115. The minimum absolute atomic E-state index is 0.125. The Hall–Kier alpha value is -1.40. The summed E-state index contributed by atoms with van der Waals surface area (Å²) in [5, 5.41) is 15.2. The van der Waals surface area contributed by atoms with Crippen LogP contribution in [0.5, 0.6) is 0 Å². The number of hydrogen-bond acceptors (Lipinski definition) is 4. The Labute approximate surface area is 69.5 Å². The molecule has 0 aliphatic heterocycles. The van der Waals surface area contributed by atoms with Gasteiger partial charge in [-0.1, -0.05) is 0 Å². The number of carbonyl (C=O) groups is 2. The third-order valence-corrected chi connectivity index (χ3v) is 0.512. The van der Waals surface area contributed by atoms with E-state index in [4.69, 9.17) is 10.2 Å². The van der Waals surface area contributed by atoms with Crippen molar-refractivity contribution in [1.82, 2.24) is 0 Å². The molecule has 6 heteroatoms. The number of rotatable bonds is 3. The molecule has 2 amide bonds. The molecule has 0 atom stereocenters. The van der Waals surface area contributed by atoms with Gasteiger partial charge in [0.05, 0.1) is 13.2 Å². The lowest BCUT2D eigenvalue weighted by Gasteiger charge is -1.76. The second-order valence-electron chi connectivity index (χ2n) is 1.59. The standard InChI is InChI=1S/C4H6N2O2.C2H6O2/c5-3(7)1-2-4(6)8;3-1-2-4/h1-2H,(H2,5,7)(H2,6,8);3-4H,1-2H2/b2-1-;. The normalized spacial score (nSPS) is 8.83. The van der Waals surface area contributed by atoms with Crippen molar-refractivity contribution in [2.24, 2.45) is 11.5 Å². The van der Waals surface area contributed by atoms with E-state index in [9.17, 15) is 9.59 Å². The van der Waals surface area contributed by atoms with Crippen molar-refractivity contribution >= 4 is 11.8 Å². The summed E-state index contributed by atoms with van der Waals surface area (Å²) < 4.78 is 0. The summed E-state index contributed by atoms with van der Waals surface area (Å²) in [7, 11) is 0. The lowest BCUT2D eigenvalue weighted by Crippen LogP contribution is -2.10. The van der Waals surface area contributed by atoms with Gasteiger partial charge in [-0.15, -0.1) is 0 Å². The fraction of sp³-hybridized carbons (Fsp3) is 0.333. The van der Waals surface area contributed by atoms with E-state index >= 15 is 0 Å². The average molecular weight is 176 g/mol. The van der Waals surface area contributed by atoms with Gasteiger partial charge in [-0.2, -0.15) is 0 Å². The highest BCUT2D eigenvalue weighted by molar-refractivity contribution is 5.95. The maximum absolute atomic E-state index is 9.83. The molecule has 0 aliphatic rings. The Morgan fingerprint density at radius 2 is 1.25 bits per heavy atom. The number of primary amides is 2. The van der Waals surface area contributed by atoms with Crippen LogP contribution in [-0.4, -0.2) is 35.2 Å². The van der Waals surface area contributed by atoms with Gasteiger partial charge in [-0.05, 0) is 0 Å². The van der Waals surface area contributed by atoms with E-state index in [-0.39, 0.29) is 13.2 Å². The van der Waals surface area contributed by atoms with Gasteiger partial charge in [0.25, 0.3) is 0 Å². The van der Waals surface area contributed by atoms with E-state index in [1.165, 1.54) is 0 Å². The molecule has 0 fully saturated rings. The van der Waals surface area contributed by atoms with Crippen molar-refractivity contribution in [3.05, 3.63) is 12.2 Å². The number of aliphatic hydroxyl groups excluding tert-OH is 2. The highest BCUT2D eigenvalue weighted by Crippen LogP contribution is 1.65. The first kappa shape index (κ1) is 13.2. The maximum atomic E-state index is 9.83. The molecule has 6 nitrogen and oxygen atoms in total. The van der Waals surface area contributed by atoms with Crippen molar-refractivity contribution in [2.75, 3.05) is 13.2 Å². The molecule has 0 aliphatic carbocycles. The fourth-order valence-corrected chi connectivity index (χ4v) is 0.164. The van der Waals surface area contributed by atoms with Gasteiger partial charge < -0.3 is 21.7 Å².